The molecule has 1 aliphatic rings. The topological polar surface area (TPSA) is 67.3 Å². The Labute approximate surface area is 145 Å². The Hall–Kier alpha value is -2.34. The molecule has 1 N–H and O–H groups in total. The van der Waals surface area contributed by atoms with Crippen molar-refractivity contribution in [1.82, 2.24) is 15.3 Å². The number of benzene rings is 1. The maximum atomic E-state index is 11.1. The van der Waals surface area contributed by atoms with Gasteiger partial charge in [-0.05, 0) is 24.6 Å². The van der Waals surface area contributed by atoms with E-state index in [1.807, 2.05) is 31.2 Å². The molecular weight excluding hydrogens is 328 g/mol. The molecule has 0 saturated carbocycles. The van der Waals surface area contributed by atoms with Crippen molar-refractivity contribution in [1.29, 1.82) is 0 Å². The maximum absolute atomic E-state index is 11.1. The highest BCUT2D eigenvalue weighted by molar-refractivity contribution is 6.29. The molecule has 1 aromatic heterocycles. The number of amides is 1. The highest BCUT2D eigenvalue weighted by Gasteiger charge is 2.29. The smallest absolute Gasteiger partial charge is 0.217 e. The van der Waals surface area contributed by atoms with Crippen LogP contribution in [0.5, 0.6) is 5.75 Å². The first-order valence-corrected chi connectivity index (χ1v) is 8.15. The van der Waals surface area contributed by atoms with E-state index in [1.54, 1.807) is 6.07 Å². The van der Waals surface area contributed by atoms with Gasteiger partial charge in [0.05, 0.1) is 19.1 Å². The van der Waals surface area contributed by atoms with Gasteiger partial charge in [-0.25, -0.2) is 9.97 Å². The van der Waals surface area contributed by atoms with E-state index in [4.69, 9.17) is 16.3 Å². The first-order valence-electron chi connectivity index (χ1n) is 7.77. The molecule has 0 bridgehead atoms. The zero-order valence-corrected chi connectivity index (χ0v) is 14.3. The summed E-state index contributed by atoms with van der Waals surface area (Å²) in [5.74, 6) is 1.59. The van der Waals surface area contributed by atoms with Crippen LogP contribution < -0.4 is 15.0 Å². The van der Waals surface area contributed by atoms with E-state index in [9.17, 15) is 4.79 Å². The molecule has 126 valence electrons. The van der Waals surface area contributed by atoms with Crippen LogP contribution in [-0.2, 0) is 4.79 Å². The van der Waals surface area contributed by atoms with Gasteiger partial charge in [0, 0.05) is 13.0 Å². The molecule has 3 rings (SSSR count). The number of hydrogen-bond acceptors (Lipinski definition) is 5. The van der Waals surface area contributed by atoms with Gasteiger partial charge in [0.15, 0.2) is 0 Å². The van der Waals surface area contributed by atoms with Crippen molar-refractivity contribution in [3.63, 3.8) is 0 Å². The number of aromatic nitrogens is 2. The molecule has 24 heavy (non-hydrogen) atoms. The van der Waals surface area contributed by atoms with Gasteiger partial charge in [0.2, 0.25) is 5.91 Å². The molecule has 1 atom stereocenters. The quantitative estimate of drug-likeness (QED) is 0.843. The molecule has 1 saturated heterocycles. The second-order valence-corrected chi connectivity index (χ2v) is 6.22. The lowest BCUT2D eigenvalue weighted by atomic mass is 10.1. The highest BCUT2D eigenvalue weighted by atomic mass is 35.5. The average Bonchev–Trinajstić information content (AvgIpc) is 2.50. The van der Waals surface area contributed by atoms with Crippen molar-refractivity contribution in [3.8, 4) is 5.75 Å². The summed E-state index contributed by atoms with van der Waals surface area (Å²) in [5.41, 5.74) is 1.04. The summed E-state index contributed by atoms with van der Waals surface area (Å²) in [7, 11) is 0. The molecule has 2 aromatic rings. The minimum atomic E-state index is -0.0396. The number of carbonyl (C=O) groups excluding carboxylic acids is 1. The third-order valence-electron chi connectivity index (χ3n) is 3.89. The first kappa shape index (κ1) is 16.5. The SMILES string of the molecule is CC(=O)NC(C)c1ccc(OC2CN(c3cc(Cl)ncn3)C2)cc1. The van der Waals surface area contributed by atoms with Gasteiger partial charge in [-0.3, -0.25) is 4.79 Å². The van der Waals surface area contributed by atoms with Crippen LogP contribution in [0, 0.1) is 0 Å². The summed E-state index contributed by atoms with van der Waals surface area (Å²) in [6, 6.07) is 9.53. The number of nitrogens with zero attached hydrogens (tertiary/aromatic N) is 3. The summed E-state index contributed by atoms with van der Waals surface area (Å²) >= 11 is 5.87. The van der Waals surface area contributed by atoms with Gasteiger partial charge >= 0.3 is 0 Å². The van der Waals surface area contributed by atoms with Gasteiger partial charge in [0.1, 0.15) is 29.2 Å². The first-order chi connectivity index (χ1) is 11.5. The highest BCUT2D eigenvalue weighted by Crippen LogP contribution is 2.24. The second kappa shape index (κ2) is 7.05. The van der Waals surface area contributed by atoms with E-state index >= 15 is 0 Å². The Morgan fingerprint density at radius 2 is 2.04 bits per heavy atom. The van der Waals surface area contributed by atoms with Crippen LogP contribution in [0.1, 0.15) is 25.5 Å². The molecule has 1 aromatic carbocycles. The fraction of sp³-hybridized carbons (Fsp3) is 0.353. The van der Waals surface area contributed by atoms with Gasteiger partial charge in [-0.1, -0.05) is 23.7 Å². The van der Waals surface area contributed by atoms with Gasteiger partial charge in [0.25, 0.3) is 0 Å². The van der Waals surface area contributed by atoms with Crippen LogP contribution in [-0.4, -0.2) is 35.1 Å². The van der Waals surface area contributed by atoms with Crippen LogP contribution in [0.4, 0.5) is 5.82 Å². The molecule has 6 nitrogen and oxygen atoms in total. The standard InChI is InChI=1S/C17H19ClN4O2/c1-11(21-12(2)23)13-3-5-14(6-4-13)24-15-8-22(9-15)17-7-16(18)19-10-20-17/h3-7,10-11,15H,8-9H2,1-2H3,(H,21,23). The van der Waals surface area contributed by atoms with Crippen LogP contribution in [0.3, 0.4) is 0 Å². The molecule has 0 radical (unpaired) electrons. The predicted molar refractivity (Wildman–Crippen MR) is 92.3 cm³/mol. The predicted octanol–water partition coefficient (Wildman–Crippen LogP) is 2.59. The molecule has 1 aliphatic heterocycles. The van der Waals surface area contributed by atoms with E-state index in [2.05, 4.69) is 20.2 Å². The monoisotopic (exact) mass is 346 g/mol. The summed E-state index contributed by atoms with van der Waals surface area (Å²) in [5, 5.41) is 3.30. The van der Waals surface area contributed by atoms with Crippen LogP contribution in [0.15, 0.2) is 36.7 Å². The largest absolute Gasteiger partial charge is 0.487 e. The van der Waals surface area contributed by atoms with Crippen LogP contribution in [0.25, 0.3) is 0 Å². The van der Waals surface area contributed by atoms with E-state index < -0.39 is 0 Å². The number of halogens is 1. The summed E-state index contributed by atoms with van der Waals surface area (Å²) < 4.78 is 5.94. The summed E-state index contributed by atoms with van der Waals surface area (Å²) in [6.07, 6.45) is 1.58. The number of carbonyl (C=O) groups is 1. The van der Waals surface area contributed by atoms with Gasteiger partial charge in [-0.15, -0.1) is 0 Å². The maximum Gasteiger partial charge on any atom is 0.217 e. The van der Waals surface area contributed by atoms with Crippen molar-refractivity contribution in [2.24, 2.45) is 0 Å². The number of anilines is 1. The molecule has 1 fully saturated rings. The number of hydrogen-bond donors (Lipinski definition) is 1. The van der Waals surface area contributed by atoms with Crippen LogP contribution in [0.2, 0.25) is 5.15 Å². The van der Waals surface area contributed by atoms with Crippen LogP contribution >= 0.6 is 11.6 Å². The molecule has 7 heteroatoms. The second-order valence-electron chi connectivity index (χ2n) is 5.84. The minimum Gasteiger partial charge on any atom is -0.487 e. The number of nitrogens with one attached hydrogen (secondary N) is 1. The minimum absolute atomic E-state index is 0.0155. The Balaban J connectivity index is 1.52. The van der Waals surface area contributed by atoms with Crippen molar-refractivity contribution in [3.05, 3.63) is 47.4 Å². The Bertz CT molecular complexity index is 717. The zero-order valence-electron chi connectivity index (χ0n) is 13.6. The lowest BCUT2D eigenvalue weighted by Crippen LogP contribution is -2.54. The molecule has 0 aliphatic carbocycles. The lowest BCUT2D eigenvalue weighted by molar-refractivity contribution is -0.119. The number of rotatable bonds is 5. The fourth-order valence-corrected chi connectivity index (χ4v) is 2.75. The number of ether oxygens (including phenoxy) is 1. The third kappa shape index (κ3) is 3.94. The van der Waals surface area contributed by atoms with Gasteiger partial charge in [-0.2, -0.15) is 0 Å². The van der Waals surface area contributed by atoms with Crippen molar-refractivity contribution < 1.29 is 9.53 Å². The van der Waals surface area contributed by atoms with Crippen molar-refractivity contribution in [2.75, 3.05) is 18.0 Å². The molecule has 1 amide bonds. The average molecular weight is 347 g/mol. The molecule has 1 unspecified atom stereocenters. The van der Waals surface area contributed by atoms with Crippen molar-refractivity contribution >= 4 is 23.3 Å². The third-order valence-corrected chi connectivity index (χ3v) is 4.10. The summed E-state index contributed by atoms with van der Waals surface area (Å²) in [6.45, 7) is 4.99. The zero-order chi connectivity index (χ0) is 17.1. The molecule has 0 spiro atoms. The fourth-order valence-electron chi connectivity index (χ4n) is 2.61. The van der Waals surface area contributed by atoms with E-state index in [-0.39, 0.29) is 18.1 Å². The van der Waals surface area contributed by atoms with Crippen molar-refractivity contribution in [2.45, 2.75) is 26.0 Å². The van der Waals surface area contributed by atoms with E-state index in [1.165, 1.54) is 13.3 Å². The Morgan fingerprint density at radius 3 is 2.67 bits per heavy atom. The van der Waals surface area contributed by atoms with E-state index in [0.29, 0.717) is 5.15 Å². The molecular formula is C17H19ClN4O2. The Kier molecular flexibility index (Phi) is 4.85. The molecule has 2 heterocycles. The lowest BCUT2D eigenvalue weighted by Gasteiger charge is -2.39. The Morgan fingerprint density at radius 1 is 1.33 bits per heavy atom. The summed E-state index contributed by atoms with van der Waals surface area (Å²) in [4.78, 5) is 21.3. The normalized spacial score (nSPS) is 15.5. The van der Waals surface area contributed by atoms with E-state index in [0.717, 1.165) is 30.2 Å². The van der Waals surface area contributed by atoms with Gasteiger partial charge < -0.3 is 15.0 Å².